The number of hydrogen-bond donors (Lipinski definition) is 1. The van der Waals surface area contributed by atoms with E-state index < -0.39 is 0 Å². The van der Waals surface area contributed by atoms with Crippen LogP contribution in [-0.4, -0.2) is 38.1 Å². The van der Waals surface area contributed by atoms with E-state index in [4.69, 9.17) is 4.74 Å². The van der Waals surface area contributed by atoms with Crippen LogP contribution in [0.1, 0.15) is 36.0 Å². The van der Waals surface area contributed by atoms with Crippen molar-refractivity contribution in [2.24, 2.45) is 5.92 Å². The summed E-state index contributed by atoms with van der Waals surface area (Å²) >= 11 is 0. The number of aryl methyl sites for hydroxylation is 2. The lowest BCUT2D eigenvalue weighted by Gasteiger charge is -2.20. The van der Waals surface area contributed by atoms with Gasteiger partial charge in [0.25, 0.3) is 0 Å². The van der Waals surface area contributed by atoms with Crippen LogP contribution in [0.5, 0.6) is 5.75 Å². The number of hydrogen-bond acceptors (Lipinski definition) is 3. The summed E-state index contributed by atoms with van der Waals surface area (Å²) in [6.07, 6.45) is 2.85. The van der Waals surface area contributed by atoms with Crippen molar-refractivity contribution in [3.05, 3.63) is 28.8 Å². The summed E-state index contributed by atoms with van der Waals surface area (Å²) in [7, 11) is 3.59. The van der Waals surface area contributed by atoms with Crippen LogP contribution in [-0.2, 0) is 11.3 Å². The van der Waals surface area contributed by atoms with Gasteiger partial charge in [0.15, 0.2) is 0 Å². The Labute approximate surface area is 133 Å². The van der Waals surface area contributed by atoms with Crippen LogP contribution in [0.2, 0.25) is 0 Å². The molecule has 1 aromatic carbocycles. The Morgan fingerprint density at radius 3 is 2.59 bits per heavy atom. The molecule has 0 radical (unpaired) electrons. The molecule has 1 N–H and O–H groups in total. The monoisotopic (exact) mass is 304 g/mol. The molecule has 1 amide bonds. The molecule has 1 fully saturated rings. The number of rotatable bonds is 6. The predicted octanol–water partition coefficient (Wildman–Crippen LogP) is 2.66. The highest BCUT2D eigenvalue weighted by molar-refractivity contribution is 5.75. The average molecular weight is 304 g/mol. The molecule has 1 saturated heterocycles. The highest BCUT2D eigenvalue weighted by Gasteiger charge is 2.17. The first-order chi connectivity index (χ1) is 10.5. The molecule has 122 valence electrons. The van der Waals surface area contributed by atoms with E-state index in [9.17, 15) is 4.79 Å². The number of benzene rings is 1. The minimum Gasteiger partial charge on any atom is -0.496 e. The first-order valence-electron chi connectivity index (χ1n) is 8.10. The quantitative estimate of drug-likeness (QED) is 0.878. The van der Waals surface area contributed by atoms with Crippen LogP contribution in [0, 0.1) is 19.8 Å². The summed E-state index contributed by atoms with van der Waals surface area (Å²) in [6.45, 7) is 6.91. The van der Waals surface area contributed by atoms with Gasteiger partial charge in [0.2, 0.25) is 5.91 Å². The highest BCUT2D eigenvalue weighted by Crippen LogP contribution is 2.25. The Hall–Kier alpha value is -1.55. The minimum absolute atomic E-state index is 0.234. The van der Waals surface area contributed by atoms with Gasteiger partial charge >= 0.3 is 0 Å². The van der Waals surface area contributed by atoms with Gasteiger partial charge in [-0.15, -0.1) is 0 Å². The molecular formula is C18H28N2O2. The minimum atomic E-state index is 0.234. The molecule has 1 unspecified atom stereocenters. The van der Waals surface area contributed by atoms with Gasteiger partial charge in [-0.1, -0.05) is 12.1 Å². The van der Waals surface area contributed by atoms with Crippen molar-refractivity contribution in [1.82, 2.24) is 10.2 Å². The number of carbonyl (C=O) groups excluding carboxylic acids is 1. The summed E-state index contributed by atoms with van der Waals surface area (Å²) in [5, 5.41) is 3.35. The van der Waals surface area contributed by atoms with E-state index in [1.807, 2.05) is 25.8 Å². The molecule has 0 saturated carbocycles. The zero-order valence-electron chi connectivity index (χ0n) is 14.2. The van der Waals surface area contributed by atoms with Crippen LogP contribution < -0.4 is 10.1 Å². The second kappa shape index (κ2) is 7.63. The molecule has 2 rings (SSSR count). The third-order valence-corrected chi connectivity index (χ3v) is 4.50. The zero-order valence-corrected chi connectivity index (χ0v) is 14.2. The third-order valence-electron chi connectivity index (χ3n) is 4.50. The standard InChI is InChI=1S/C18H28N2O2/c1-13-9-16(10-14(2)18(13)22-4)12-20(3)17(21)6-5-15-7-8-19-11-15/h9-10,15,19H,5-8,11-12H2,1-4H3. The van der Waals surface area contributed by atoms with Crippen LogP contribution in [0.15, 0.2) is 12.1 Å². The van der Waals surface area contributed by atoms with E-state index in [1.165, 1.54) is 6.42 Å². The maximum atomic E-state index is 12.3. The van der Waals surface area contributed by atoms with Crippen molar-refractivity contribution in [2.75, 3.05) is 27.2 Å². The fourth-order valence-electron chi connectivity index (χ4n) is 3.29. The van der Waals surface area contributed by atoms with Crippen molar-refractivity contribution >= 4 is 5.91 Å². The van der Waals surface area contributed by atoms with Crippen LogP contribution in [0.3, 0.4) is 0 Å². The van der Waals surface area contributed by atoms with E-state index in [0.29, 0.717) is 18.9 Å². The Morgan fingerprint density at radius 2 is 2.05 bits per heavy atom. The highest BCUT2D eigenvalue weighted by atomic mass is 16.5. The van der Waals surface area contributed by atoms with E-state index in [0.717, 1.165) is 42.0 Å². The fraction of sp³-hybridized carbons (Fsp3) is 0.611. The van der Waals surface area contributed by atoms with E-state index in [1.54, 1.807) is 7.11 Å². The van der Waals surface area contributed by atoms with Crippen molar-refractivity contribution in [1.29, 1.82) is 0 Å². The van der Waals surface area contributed by atoms with E-state index in [-0.39, 0.29) is 5.91 Å². The van der Waals surface area contributed by atoms with Gasteiger partial charge in [-0.2, -0.15) is 0 Å². The maximum Gasteiger partial charge on any atom is 0.222 e. The number of nitrogens with zero attached hydrogens (tertiary/aromatic N) is 1. The lowest BCUT2D eigenvalue weighted by molar-refractivity contribution is -0.130. The molecule has 0 spiro atoms. The second-order valence-corrected chi connectivity index (χ2v) is 6.41. The normalized spacial score (nSPS) is 17.5. The van der Waals surface area contributed by atoms with Crippen molar-refractivity contribution < 1.29 is 9.53 Å². The smallest absolute Gasteiger partial charge is 0.222 e. The molecule has 0 bridgehead atoms. The zero-order chi connectivity index (χ0) is 16.1. The number of ether oxygens (including phenoxy) is 1. The lowest BCUT2D eigenvalue weighted by Crippen LogP contribution is -2.26. The van der Waals surface area contributed by atoms with Crippen molar-refractivity contribution in [2.45, 2.75) is 39.7 Å². The van der Waals surface area contributed by atoms with E-state index >= 15 is 0 Å². The molecular weight excluding hydrogens is 276 g/mol. The van der Waals surface area contributed by atoms with Gasteiger partial charge in [-0.25, -0.2) is 0 Å². The SMILES string of the molecule is COc1c(C)cc(CN(C)C(=O)CCC2CCNC2)cc1C. The number of amides is 1. The molecule has 1 aliphatic heterocycles. The van der Waals surface area contributed by atoms with Crippen LogP contribution in [0.4, 0.5) is 0 Å². The van der Waals surface area contributed by atoms with Gasteiger partial charge in [-0.05, 0) is 62.4 Å². The molecule has 4 heteroatoms. The summed E-state index contributed by atoms with van der Waals surface area (Å²) in [4.78, 5) is 14.1. The predicted molar refractivity (Wildman–Crippen MR) is 89.2 cm³/mol. The molecule has 1 aliphatic rings. The molecule has 22 heavy (non-hydrogen) atoms. The first kappa shape index (κ1) is 16.8. The van der Waals surface area contributed by atoms with Crippen LogP contribution in [0.25, 0.3) is 0 Å². The Morgan fingerprint density at radius 1 is 1.36 bits per heavy atom. The van der Waals surface area contributed by atoms with Crippen molar-refractivity contribution in [3.63, 3.8) is 0 Å². The Kier molecular flexibility index (Phi) is 5.83. The molecule has 1 atom stereocenters. The van der Waals surface area contributed by atoms with Gasteiger partial charge in [0, 0.05) is 20.0 Å². The van der Waals surface area contributed by atoms with Gasteiger partial charge < -0.3 is 15.0 Å². The summed E-state index contributed by atoms with van der Waals surface area (Å²) in [5.41, 5.74) is 3.40. The third kappa shape index (κ3) is 4.23. The molecule has 1 aromatic rings. The molecule has 0 aliphatic carbocycles. The Bertz CT molecular complexity index is 499. The fourth-order valence-corrected chi connectivity index (χ4v) is 3.29. The summed E-state index contributed by atoms with van der Waals surface area (Å²) < 4.78 is 5.39. The van der Waals surface area contributed by atoms with Gasteiger partial charge in [0.1, 0.15) is 5.75 Å². The largest absolute Gasteiger partial charge is 0.496 e. The average Bonchev–Trinajstić information content (AvgIpc) is 2.97. The lowest BCUT2D eigenvalue weighted by atomic mass is 10.0. The molecule has 0 aromatic heterocycles. The number of methoxy groups -OCH3 is 1. The van der Waals surface area contributed by atoms with Crippen LogP contribution >= 0.6 is 0 Å². The Balaban J connectivity index is 1.90. The molecule has 4 nitrogen and oxygen atoms in total. The topological polar surface area (TPSA) is 41.6 Å². The number of carbonyl (C=O) groups is 1. The summed E-state index contributed by atoms with van der Waals surface area (Å²) in [6, 6.07) is 4.22. The van der Waals surface area contributed by atoms with Gasteiger partial charge in [-0.3, -0.25) is 4.79 Å². The first-order valence-corrected chi connectivity index (χ1v) is 8.10. The second-order valence-electron chi connectivity index (χ2n) is 6.41. The molecule has 1 heterocycles. The summed E-state index contributed by atoms with van der Waals surface area (Å²) in [5.74, 6) is 1.84. The number of nitrogens with one attached hydrogen (secondary N) is 1. The van der Waals surface area contributed by atoms with E-state index in [2.05, 4.69) is 17.4 Å². The van der Waals surface area contributed by atoms with Gasteiger partial charge in [0.05, 0.1) is 7.11 Å². The van der Waals surface area contributed by atoms with Crippen molar-refractivity contribution in [3.8, 4) is 5.75 Å². The maximum absolute atomic E-state index is 12.3.